The second-order valence-corrected chi connectivity index (χ2v) is 4.03. The fourth-order valence-corrected chi connectivity index (χ4v) is 1.87. The van der Waals surface area contributed by atoms with E-state index in [0.717, 1.165) is 9.47 Å². The number of alkyl halides is 3. The van der Waals surface area contributed by atoms with Gasteiger partial charge in [-0.05, 0) is 6.44 Å². The second-order valence-electron chi connectivity index (χ2n) is 4.03. The van der Waals surface area contributed by atoms with E-state index in [2.05, 4.69) is 10.2 Å². The van der Waals surface area contributed by atoms with Crippen molar-refractivity contribution in [3.05, 3.63) is 11.6 Å². The molecule has 19 heavy (non-hydrogen) atoms. The van der Waals surface area contributed by atoms with Crippen LogP contribution in [0.15, 0.2) is 0 Å². The Bertz CT molecular complexity index is 444. The Labute approximate surface area is 147 Å². The third kappa shape index (κ3) is 4.43. The molecule has 1 aliphatic rings. The van der Waals surface area contributed by atoms with Crippen molar-refractivity contribution in [3.8, 4) is 0 Å². The predicted molar refractivity (Wildman–Crippen MR) is 49.4 cm³/mol. The molecule has 4 nitrogen and oxygen atoms in total. The minimum Gasteiger partial charge on any atom is -0.448 e. The number of halogens is 6. The van der Waals surface area contributed by atoms with E-state index in [0.29, 0.717) is 0 Å². The maximum atomic E-state index is 12.5. The fourth-order valence-electron chi connectivity index (χ4n) is 1.87. The Morgan fingerprint density at radius 1 is 1.11 bits per heavy atom. The zero-order chi connectivity index (χ0) is 13.6. The van der Waals surface area contributed by atoms with Gasteiger partial charge in [0.2, 0.25) is 5.82 Å². The van der Waals surface area contributed by atoms with E-state index in [1.165, 1.54) is 0 Å². The van der Waals surface area contributed by atoms with Crippen LogP contribution < -0.4 is 51.4 Å². The van der Waals surface area contributed by atoms with Crippen molar-refractivity contribution in [1.29, 1.82) is 0 Å². The van der Waals surface area contributed by atoms with Gasteiger partial charge in [0, 0.05) is 13.1 Å². The molecule has 0 aliphatic carbocycles. The molecular weight excluding hydrogens is 304 g/mol. The van der Waals surface area contributed by atoms with Crippen LogP contribution in [-0.4, -0.2) is 39.6 Å². The van der Waals surface area contributed by atoms with Crippen molar-refractivity contribution in [2.75, 3.05) is 13.0 Å². The zero-order valence-electron chi connectivity index (χ0n) is 9.96. The molecule has 0 saturated heterocycles. The van der Waals surface area contributed by atoms with Crippen LogP contribution in [-0.2, 0) is 19.3 Å². The number of hydrogen-bond acceptors (Lipinski definition) is 3. The van der Waals surface area contributed by atoms with Crippen LogP contribution in [0.5, 0.6) is 0 Å². The molecule has 12 heteroatoms. The second kappa shape index (κ2) is 6.02. The Morgan fingerprint density at radius 2 is 1.74 bits per heavy atom. The van der Waals surface area contributed by atoms with Crippen molar-refractivity contribution >= 4 is 6.98 Å². The van der Waals surface area contributed by atoms with E-state index in [1.54, 1.807) is 0 Å². The third-order valence-electron chi connectivity index (χ3n) is 2.55. The smallest absolute Gasteiger partial charge is 0.448 e. The molecule has 0 aromatic carbocycles. The normalized spacial score (nSPS) is 16.9. The Balaban J connectivity index is 0.00000180. The molecule has 1 aliphatic heterocycles. The number of hydrogen-bond donors (Lipinski definition) is 0. The molecule has 1 aromatic rings. The first kappa shape index (κ1) is 17.4. The summed E-state index contributed by atoms with van der Waals surface area (Å²) < 4.78 is 74.8. The summed E-state index contributed by atoms with van der Waals surface area (Å²) in [6.45, 7) is -5.56. The number of nitrogens with zero attached hydrogens (tertiary/aromatic N) is 4. The number of aromatic nitrogens is 3. The van der Waals surface area contributed by atoms with Crippen molar-refractivity contribution in [3.63, 3.8) is 0 Å². The topological polar surface area (TPSA) is 34.0 Å². The van der Waals surface area contributed by atoms with Gasteiger partial charge in [-0.2, -0.15) is 13.2 Å². The maximum absolute atomic E-state index is 12.5. The van der Waals surface area contributed by atoms with Gasteiger partial charge in [0.25, 0.3) is 0 Å². The first-order chi connectivity index (χ1) is 8.17. The van der Waals surface area contributed by atoms with Gasteiger partial charge in [-0.3, -0.25) is 0 Å². The van der Waals surface area contributed by atoms with Gasteiger partial charge >= 0.3 is 64.5 Å². The summed E-state index contributed by atoms with van der Waals surface area (Å²) in [7, 11) is 0. The molecule has 0 amide bonds. The average Bonchev–Trinajstić information content (AvgIpc) is 2.56. The first-order valence-corrected chi connectivity index (χ1v) is 5.09. The summed E-state index contributed by atoms with van der Waals surface area (Å²) in [6, 6.07) is 0. The molecule has 2 rings (SSSR count). The Hall–Kier alpha value is 0.381. The van der Waals surface area contributed by atoms with E-state index >= 15 is 0 Å². The summed E-state index contributed by atoms with van der Waals surface area (Å²) in [4.78, 5) is 1.02. The summed E-state index contributed by atoms with van der Waals surface area (Å²) in [5, 5.41) is 6.28. The molecule has 0 N–H and O–H groups in total. The molecule has 0 atom stereocenters. The number of fused-ring (bicyclic) bond motifs is 1. The van der Waals surface area contributed by atoms with Crippen LogP contribution in [0.4, 0.5) is 26.1 Å². The van der Waals surface area contributed by atoms with Crippen LogP contribution >= 0.6 is 0 Å². The van der Waals surface area contributed by atoms with Gasteiger partial charge in [0.1, 0.15) is 5.82 Å². The Kier molecular flexibility index (Phi) is 5.52. The zero-order valence-corrected chi connectivity index (χ0v) is 13.1. The van der Waals surface area contributed by atoms with E-state index in [9.17, 15) is 26.1 Å². The first-order valence-electron chi connectivity index (χ1n) is 5.09. The van der Waals surface area contributed by atoms with Gasteiger partial charge in [0.15, 0.2) is 0 Å². The van der Waals surface area contributed by atoms with Crippen molar-refractivity contribution in [1.82, 2.24) is 19.7 Å². The van der Waals surface area contributed by atoms with Gasteiger partial charge < -0.3 is 22.4 Å². The molecule has 2 heterocycles. The third-order valence-corrected chi connectivity index (χ3v) is 2.55. The van der Waals surface area contributed by atoms with E-state index in [-0.39, 0.29) is 76.8 Å². The van der Waals surface area contributed by atoms with Crippen molar-refractivity contribution < 1.29 is 77.5 Å². The van der Waals surface area contributed by atoms with E-state index in [1.807, 2.05) is 0 Å². The maximum Gasteiger partial charge on any atom is 1.00 e. The largest absolute Gasteiger partial charge is 1.00 e. The summed E-state index contributed by atoms with van der Waals surface area (Å²) in [5.41, 5.74) is 0. The van der Waals surface area contributed by atoms with E-state index < -0.39 is 25.4 Å². The quantitative estimate of drug-likeness (QED) is 0.493. The van der Waals surface area contributed by atoms with Crippen LogP contribution in [0.1, 0.15) is 11.6 Å². The van der Waals surface area contributed by atoms with Crippen molar-refractivity contribution in [2.45, 2.75) is 19.3 Å². The Morgan fingerprint density at radius 3 is 2.26 bits per heavy atom. The summed E-state index contributed by atoms with van der Waals surface area (Å²) >= 11 is 0. The van der Waals surface area contributed by atoms with Crippen LogP contribution in [0.2, 0.25) is 0 Å². The standard InChI is InChI=1S/C7H8BF6N4.K/c9-7(10,11)6-16-15-5-3-17(1-2-18(5)6)4-8(12,13)14;/h1-4H2;/q-1;+1. The minimum atomic E-state index is -5.00. The van der Waals surface area contributed by atoms with Gasteiger partial charge in [-0.1, -0.05) is 0 Å². The molecule has 1 aromatic heterocycles. The SMILES string of the molecule is F[B-](F)(F)CN1CCn2c(nnc2C(F)(F)F)C1.[K+]. The summed E-state index contributed by atoms with van der Waals surface area (Å²) in [5.74, 6) is -1.25. The fraction of sp³-hybridized carbons (Fsp3) is 0.714. The minimum absolute atomic E-state index is 0. The number of rotatable bonds is 2. The average molecular weight is 312 g/mol. The van der Waals surface area contributed by atoms with Gasteiger partial charge in [0.05, 0.1) is 6.54 Å². The van der Waals surface area contributed by atoms with Crippen molar-refractivity contribution in [2.24, 2.45) is 0 Å². The summed E-state index contributed by atoms with van der Waals surface area (Å²) in [6.07, 6.45) is -5.74. The molecule has 0 fully saturated rings. The molecule has 102 valence electrons. The molecule has 0 saturated carbocycles. The van der Waals surface area contributed by atoms with Gasteiger partial charge in [-0.15, -0.1) is 10.2 Å². The molecule has 0 spiro atoms. The van der Waals surface area contributed by atoms with E-state index in [4.69, 9.17) is 0 Å². The predicted octanol–water partition coefficient (Wildman–Crippen LogP) is -1.50. The molecule has 0 radical (unpaired) electrons. The van der Waals surface area contributed by atoms with Crippen LogP contribution in [0, 0.1) is 0 Å². The molecule has 0 unspecified atom stereocenters. The van der Waals surface area contributed by atoms with Crippen LogP contribution in [0.3, 0.4) is 0 Å². The monoisotopic (exact) mass is 312 g/mol. The molecular formula is C7H8BF6KN4. The van der Waals surface area contributed by atoms with Crippen LogP contribution in [0.25, 0.3) is 0 Å². The molecule has 0 bridgehead atoms. The van der Waals surface area contributed by atoms with Gasteiger partial charge in [-0.25, -0.2) is 0 Å².